The summed E-state index contributed by atoms with van der Waals surface area (Å²) in [4.78, 5) is 18.5. The molecule has 0 unspecified atom stereocenters. The lowest BCUT2D eigenvalue weighted by atomic mass is 9.94. The first-order chi connectivity index (χ1) is 11.6. The number of carbonyl (C=O) groups excluding carboxylic acids is 1. The van der Waals surface area contributed by atoms with Gasteiger partial charge in [0.05, 0.1) is 0 Å². The van der Waals surface area contributed by atoms with Gasteiger partial charge in [0, 0.05) is 26.4 Å². The first-order valence-electron chi connectivity index (χ1n) is 8.36. The van der Waals surface area contributed by atoms with Crippen molar-refractivity contribution in [2.75, 3.05) is 19.7 Å². The lowest BCUT2D eigenvalue weighted by Crippen LogP contribution is -2.42. The molecule has 1 saturated heterocycles. The minimum Gasteiger partial charge on any atom is -0.484 e. The van der Waals surface area contributed by atoms with E-state index >= 15 is 0 Å². The van der Waals surface area contributed by atoms with Crippen LogP contribution in [0.15, 0.2) is 28.8 Å². The maximum absolute atomic E-state index is 12.4. The van der Waals surface area contributed by atoms with E-state index in [1.54, 1.807) is 6.92 Å². The number of rotatable bonds is 5. The van der Waals surface area contributed by atoms with Crippen molar-refractivity contribution in [3.63, 3.8) is 0 Å². The molecule has 0 saturated carbocycles. The number of hydrogen-bond acceptors (Lipinski definition) is 5. The summed E-state index contributed by atoms with van der Waals surface area (Å²) < 4.78 is 10.6. The topological polar surface area (TPSA) is 68.5 Å². The number of benzene rings is 1. The van der Waals surface area contributed by atoms with Crippen molar-refractivity contribution in [1.82, 2.24) is 15.0 Å². The summed E-state index contributed by atoms with van der Waals surface area (Å²) in [7, 11) is 0. The molecule has 1 aliphatic heterocycles. The van der Waals surface area contributed by atoms with E-state index < -0.39 is 0 Å². The second-order valence-corrected chi connectivity index (χ2v) is 6.38. The Bertz CT molecular complexity index is 681. The molecule has 128 valence electrons. The third kappa shape index (κ3) is 4.34. The van der Waals surface area contributed by atoms with Crippen molar-refractivity contribution in [2.24, 2.45) is 5.92 Å². The quantitative estimate of drug-likeness (QED) is 0.843. The maximum atomic E-state index is 12.4. The van der Waals surface area contributed by atoms with Crippen LogP contribution in [0.4, 0.5) is 0 Å². The first-order valence-corrected chi connectivity index (χ1v) is 8.36. The molecule has 1 aliphatic rings. The first kappa shape index (κ1) is 16.5. The number of ether oxygens (including phenoxy) is 1. The molecule has 1 aromatic heterocycles. The van der Waals surface area contributed by atoms with Crippen LogP contribution in [0.25, 0.3) is 0 Å². The number of aromatic nitrogens is 2. The Morgan fingerprint density at radius 3 is 2.83 bits per heavy atom. The van der Waals surface area contributed by atoms with Crippen LogP contribution in [-0.2, 0) is 11.2 Å². The largest absolute Gasteiger partial charge is 0.484 e. The summed E-state index contributed by atoms with van der Waals surface area (Å²) in [6.07, 6.45) is 2.83. The molecule has 2 heterocycles. The molecule has 6 nitrogen and oxygen atoms in total. The molecular formula is C18H23N3O3. The Hall–Kier alpha value is -2.37. The smallest absolute Gasteiger partial charge is 0.260 e. The van der Waals surface area contributed by atoms with Gasteiger partial charge in [-0.05, 0) is 37.8 Å². The second-order valence-electron chi connectivity index (χ2n) is 6.38. The number of nitrogens with zero attached hydrogens (tertiary/aromatic N) is 3. The van der Waals surface area contributed by atoms with Gasteiger partial charge < -0.3 is 14.2 Å². The van der Waals surface area contributed by atoms with E-state index in [0.717, 1.165) is 43.9 Å². The summed E-state index contributed by atoms with van der Waals surface area (Å²) in [5.41, 5.74) is 1.17. The Labute approximate surface area is 141 Å². The van der Waals surface area contributed by atoms with Gasteiger partial charge in [0.1, 0.15) is 5.75 Å². The fraction of sp³-hybridized carbons (Fsp3) is 0.500. The average Bonchev–Trinajstić information content (AvgIpc) is 2.99. The molecule has 2 aromatic rings. The van der Waals surface area contributed by atoms with Crippen molar-refractivity contribution in [2.45, 2.75) is 33.1 Å². The Kier molecular flexibility index (Phi) is 5.13. The number of amides is 1. The minimum absolute atomic E-state index is 0.0320. The molecule has 0 spiro atoms. The molecule has 3 rings (SSSR count). The number of aryl methyl sites for hydroxylation is 2. The third-order valence-corrected chi connectivity index (χ3v) is 4.30. The molecule has 1 atom stereocenters. The molecule has 0 aliphatic carbocycles. The number of likely N-dealkylation sites (tertiary alicyclic amines) is 1. The normalized spacial score (nSPS) is 17.8. The van der Waals surface area contributed by atoms with Crippen molar-refractivity contribution in [3.05, 3.63) is 41.5 Å². The van der Waals surface area contributed by atoms with Crippen molar-refractivity contribution >= 4 is 5.91 Å². The van der Waals surface area contributed by atoms with Gasteiger partial charge in [-0.2, -0.15) is 4.98 Å². The maximum Gasteiger partial charge on any atom is 0.260 e. The molecule has 1 amide bonds. The van der Waals surface area contributed by atoms with Crippen LogP contribution in [0.1, 0.15) is 30.1 Å². The minimum atomic E-state index is 0.0320. The Morgan fingerprint density at radius 1 is 1.33 bits per heavy atom. The van der Waals surface area contributed by atoms with Gasteiger partial charge in [-0.1, -0.05) is 22.9 Å². The lowest BCUT2D eigenvalue weighted by Gasteiger charge is -2.32. The molecule has 1 aromatic carbocycles. The van der Waals surface area contributed by atoms with Gasteiger partial charge in [0.15, 0.2) is 12.4 Å². The zero-order chi connectivity index (χ0) is 16.9. The van der Waals surface area contributed by atoms with Gasteiger partial charge in [-0.25, -0.2) is 0 Å². The SMILES string of the molecule is Cc1ccc(OCC(=O)N2CCC[C@H](Cc3noc(C)n3)C2)cc1. The number of piperidine rings is 1. The van der Waals surface area contributed by atoms with Crippen LogP contribution in [-0.4, -0.2) is 40.6 Å². The highest BCUT2D eigenvalue weighted by Crippen LogP contribution is 2.20. The lowest BCUT2D eigenvalue weighted by molar-refractivity contribution is -0.135. The highest BCUT2D eigenvalue weighted by atomic mass is 16.5. The van der Waals surface area contributed by atoms with E-state index in [0.29, 0.717) is 11.8 Å². The summed E-state index contributed by atoms with van der Waals surface area (Å²) >= 11 is 0. The second kappa shape index (κ2) is 7.47. The van der Waals surface area contributed by atoms with Crippen LogP contribution >= 0.6 is 0 Å². The van der Waals surface area contributed by atoms with Gasteiger partial charge in [-0.3, -0.25) is 4.79 Å². The van der Waals surface area contributed by atoms with Crippen LogP contribution in [0.5, 0.6) is 5.75 Å². The van der Waals surface area contributed by atoms with Crippen LogP contribution < -0.4 is 4.74 Å². The van der Waals surface area contributed by atoms with E-state index in [2.05, 4.69) is 10.1 Å². The van der Waals surface area contributed by atoms with Gasteiger partial charge in [0.2, 0.25) is 5.89 Å². The average molecular weight is 329 g/mol. The third-order valence-electron chi connectivity index (χ3n) is 4.30. The van der Waals surface area contributed by atoms with Crippen LogP contribution in [0.3, 0.4) is 0 Å². The number of hydrogen-bond donors (Lipinski definition) is 0. The molecule has 0 radical (unpaired) electrons. The summed E-state index contributed by atoms with van der Waals surface area (Å²) in [6, 6.07) is 7.73. The predicted octanol–water partition coefficient (Wildman–Crippen LogP) is 2.55. The van der Waals surface area contributed by atoms with E-state index in [1.165, 1.54) is 5.56 Å². The molecule has 1 fully saturated rings. The van der Waals surface area contributed by atoms with Crippen molar-refractivity contribution < 1.29 is 14.1 Å². The summed E-state index contributed by atoms with van der Waals surface area (Å²) in [5.74, 6) is 2.44. The predicted molar refractivity (Wildman–Crippen MR) is 88.7 cm³/mol. The van der Waals surface area contributed by atoms with E-state index in [-0.39, 0.29) is 12.5 Å². The summed E-state index contributed by atoms with van der Waals surface area (Å²) in [6.45, 7) is 5.41. The molecule has 6 heteroatoms. The van der Waals surface area contributed by atoms with E-state index in [1.807, 2.05) is 36.1 Å². The highest BCUT2D eigenvalue weighted by molar-refractivity contribution is 5.77. The van der Waals surface area contributed by atoms with E-state index in [9.17, 15) is 4.79 Å². The molecular weight excluding hydrogens is 306 g/mol. The Balaban J connectivity index is 1.50. The van der Waals surface area contributed by atoms with Crippen molar-refractivity contribution in [1.29, 1.82) is 0 Å². The molecule has 0 N–H and O–H groups in total. The number of carbonyl (C=O) groups is 1. The van der Waals surface area contributed by atoms with Crippen molar-refractivity contribution in [3.8, 4) is 5.75 Å². The van der Waals surface area contributed by atoms with Gasteiger partial charge >= 0.3 is 0 Å². The monoisotopic (exact) mass is 329 g/mol. The fourth-order valence-electron chi connectivity index (χ4n) is 3.01. The summed E-state index contributed by atoms with van der Waals surface area (Å²) in [5, 5.41) is 3.95. The zero-order valence-electron chi connectivity index (χ0n) is 14.2. The fourth-order valence-corrected chi connectivity index (χ4v) is 3.01. The Morgan fingerprint density at radius 2 is 2.12 bits per heavy atom. The van der Waals surface area contributed by atoms with E-state index in [4.69, 9.17) is 9.26 Å². The molecule has 0 bridgehead atoms. The standard InChI is InChI=1S/C18H23N3O3/c1-13-5-7-16(8-6-13)23-12-18(22)21-9-3-4-15(11-21)10-17-19-14(2)24-20-17/h5-8,15H,3-4,9-12H2,1-2H3/t15-/m1/s1. The van der Waals surface area contributed by atoms with Crippen LogP contribution in [0, 0.1) is 19.8 Å². The highest BCUT2D eigenvalue weighted by Gasteiger charge is 2.25. The molecule has 24 heavy (non-hydrogen) atoms. The van der Waals surface area contributed by atoms with Crippen LogP contribution in [0.2, 0.25) is 0 Å². The van der Waals surface area contributed by atoms with Gasteiger partial charge in [-0.15, -0.1) is 0 Å². The van der Waals surface area contributed by atoms with Gasteiger partial charge in [0.25, 0.3) is 5.91 Å². The zero-order valence-corrected chi connectivity index (χ0v) is 14.2.